The van der Waals surface area contributed by atoms with Crippen LogP contribution >= 0.6 is 15.9 Å². The predicted molar refractivity (Wildman–Crippen MR) is 75.1 cm³/mol. The van der Waals surface area contributed by atoms with Crippen molar-refractivity contribution in [2.75, 3.05) is 11.4 Å². The molecule has 0 spiro atoms. The summed E-state index contributed by atoms with van der Waals surface area (Å²) in [6, 6.07) is 10.7. The van der Waals surface area contributed by atoms with Crippen molar-refractivity contribution in [2.45, 2.75) is 13.5 Å². The summed E-state index contributed by atoms with van der Waals surface area (Å²) in [6.45, 7) is 3.34. The summed E-state index contributed by atoms with van der Waals surface area (Å²) >= 11 is 3.35. The molecule has 1 aromatic carbocycles. The molecule has 2 aromatic rings. The van der Waals surface area contributed by atoms with E-state index in [9.17, 15) is 4.39 Å². The average Bonchev–Trinajstić information content (AvgIpc) is 2.39. The van der Waals surface area contributed by atoms with Crippen LogP contribution in [0.3, 0.4) is 0 Å². The number of benzene rings is 1. The highest BCUT2D eigenvalue weighted by atomic mass is 79.9. The van der Waals surface area contributed by atoms with Crippen LogP contribution < -0.4 is 4.90 Å². The maximum atomic E-state index is 13.7. The molecule has 0 atom stereocenters. The van der Waals surface area contributed by atoms with Crippen LogP contribution in [-0.2, 0) is 6.54 Å². The molecule has 94 valence electrons. The molecule has 18 heavy (non-hydrogen) atoms. The molecule has 1 heterocycles. The van der Waals surface area contributed by atoms with Crippen LogP contribution in [0, 0.1) is 5.82 Å². The number of nitrogens with zero attached hydrogens (tertiary/aromatic N) is 2. The van der Waals surface area contributed by atoms with Crippen molar-refractivity contribution < 1.29 is 4.39 Å². The van der Waals surface area contributed by atoms with Gasteiger partial charge >= 0.3 is 0 Å². The summed E-state index contributed by atoms with van der Waals surface area (Å²) in [6.07, 6.45) is 1.75. The zero-order valence-corrected chi connectivity index (χ0v) is 11.7. The van der Waals surface area contributed by atoms with Gasteiger partial charge in [0.25, 0.3) is 0 Å². The number of pyridine rings is 1. The monoisotopic (exact) mass is 308 g/mol. The molecule has 0 unspecified atom stereocenters. The van der Waals surface area contributed by atoms with Gasteiger partial charge in [-0.3, -0.25) is 4.98 Å². The fraction of sp³-hybridized carbons (Fsp3) is 0.214. The number of para-hydroxylation sites is 1. The van der Waals surface area contributed by atoms with Crippen LogP contribution in [0.1, 0.15) is 12.6 Å². The number of aromatic nitrogens is 1. The Labute approximate surface area is 115 Å². The first-order valence-corrected chi connectivity index (χ1v) is 6.60. The van der Waals surface area contributed by atoms with Crippen LogP contribution in [0.25, 0.3) is 0 Å². The molecule has 2 rings (SSSR count). The third-order valence-corrected chi connectivity index (χ3v) is 3.19. The van der Waals surface area contributed by atoms with Crippen molar-refractivity contribution in [1.29, 1.82) is 0 Å². The van der Waals surface area contributed by atoms with Crippen LogP contribution in [0.4, 0.5) is 10.1 Å². The summed E-state index contributed by atoms with van der Waals surface area (Å²) in [5.41, 5.74) is 1.54. The molecule has 0 aliphatic heterocycles. The fourth-order valence-corrected chi connectivity index (χ4v) is 2.01. The number of anilines is 1. The minimum atomic E-state index is -0.198. The van der Waals surface area contributed by atoms with E-state index in [2.05, 4.69) is 20.9 Å². The lowest BCUT2D eigenvalue weighted by molar-refractivity contribution is 0.617. The second-order valence-electron chi connectivity index (χ2n) is 3.93. The van der Waals surface area contributed by atoms with Gasteiger partial charge < -0.3 is 4.90 Å². The molecule has 0 aliphatic rings. The second-order valence-corrected chi connectivity index (χ2v) is 4.85. The van der Waals surface area contributed by atoms with Crippen LogP contribution in [0.5, 0.6) is 0 Å². The van der Waals surface area contributed by atoms with Gasteiger partial charge in [0.1, 0.15) is 5.82 Å². The van der Waals surface area contributed by atoms with Gasteiger partial charge in [0.2, 0.25) is 0 Å². The quantitative estimate of drug-likeness (QED) is 0.848. The highest BCUT2D eigenvalue weighted by Gasteiger charge is 2.10. The molecule has 1 aromatic heterocycles. The van der Waals surface area contributed by atoms with Gasteiger partial charge in [-0.15, -0.1) is 0 Å². The van der Waals surface area contributed by atoms with Crippen molar-refractivity contribution >= 4 is 21.6 Å². The molecule has 0 amide bonds. The minimum absolute atomic E-state index is 0.198. The third-order valence-electron chi connectivity index (χ3n) is 2.72. The highest BCUT2D eigenvalue weighted by molar-refractivity contribution is 9.10. The standard InChI is InChI=1S/C14H14BrFN2/c1-2-18(14-6-4-3-5-13(14)16)10-12-8-7-11(15)9-17-12/h3-9H,2,10H2,1H3. The predicted octanol–water partition coefficient (Wildman–Crippen LogP) is 4.01. The fourth-order valence-electron chi connectivity index (χ4n) is 1.77. The Morgan fingerprint density at radius 3 is 2.61 bits per heavy atom. The van der Waals surface area contributed by atoms with Crippen molar-refractivity contribution in [1.82, 2.24) is 4.98 Å². The highest BCUT2D eigenvalue weighted by Crippen LogP contribution is 2.20. The first-order valence-electron chi connectivity index (χ1n) is 5.80. The third kappa shape index (κ3) is 3.07. The summed E-state index contributed by atoms with van der Waals surface area (Å²) in [7, 11) is 0. The van der Waals surface area contributed by atoms with Crippen molar-refractivity contribution in [2.24, 2.45) is 0 Å². The molecule has 0 radical (unpaired) electrons. The maximum absolute atomic E-state index is 13.7. The van der Waals surface area contributed by atoms with Crippen molar-refractivity contribution in [3.05, 3.63) is 58.6 Å². The lowest BCUT2D eigenvalue weighted by Gasteiger charge is -2.23. The topological polar surface area (TPSA) is 16.1 Å². The zero-order valence-electron chi connectivity index (χ0n) is 10.1. The normalized spacial score (nSPS) is 10.4. The van der Waals surface area contributed by atoms with E-state index >= 15 is 0 Å². The van der Waals surface area contributed by atoms with Gasteiger partial charge in [-0.05, 0) is 47.1 Å². The van der Waals surface area contributed by atoms with E-state index in [0.717, 1.165) is 16.7 Å². The molecule has 0 fully saturated rings. The van der Waals surface area contributed by atoms with Crippen LogP contribution in [-0.4, -0.2) is 11.5 Å². The maximum Gasteiger partial charge on any atom is 0.146 e. The molecular weight excluding hydrogens is 295 g/mol. The van der Waals surface area contributed by atoms with Crippen LogP contribution in [0.15, 0.2) is 47.1 Å². The Balaban J connectivity index is 2.20. The van der Waals surface area contributed by atoms with Gasteiger partial charge in [0.15, 0.2) is 0 Å². The first-order chi connectivity index (χ1) is 8.70. The van der Waals surface area contributed by atoms with E-state index in [1.807, 2.05) is 30.0 Å². The van der Waals surface area contributed by atoms with Gasteiger partial charge in [0, 0.05) is 17.2 Å². The molecule has 0 aliphatic carbocycles. The number of hydrogen-bond acceptors (Lipinski definition) is 2. The van der Waals surface area contributed by atoms with Gasteiger partial charge in [0.05, 0.1) is 17.9 Å². The van der Waals surface area contributed by atoms with Crippen LogP contribution in [0.2, 0.25) is 0 Å². The zero-order chi connectivity index (χ0) is 13.0. The SMILES string of the molecule is CCN(Cc1ccc(Br)cn1)c1ccccc1F. The average molecular weight is 309 g/mol. The molecule has 0 saturated carbocycles. The van der Waals surface area contributed by atoms with E-state index in [0.29, 0.717) is 12.2 Å². The molecular formula is C14H14BrFN2. The van der Waals surface area contributed by atoms with Gasteiger partial charge in [-0.2, -0.15) is 0 Å². The smallest absolute Gasteiger partial charge is 0.146 e. The van der Waals surface area contributed by atoms with Crippen molar-refractivity contribution in [3.63, 3.8) is 0 Å². The Morgan fingerprint density at radius 1 is 1.22 bits per heavy atom. The molecule has 4 heteroatoms. The first kappa shape index (κ1) is 13.0. The number of halogens is 2. The molecule has 0 saturated heterocycles. The van der Waals surface area contributed by atoms with Gasteiger partial charge in [-0.1, -0.05) is 12.1 Å². The largest absolute Gasteiger partial charge is 0.364 e. The Kier molecular flexibility index (Phi) is 4.31. The van der Waals surface area contributed by atoms with E-state index in [-0.39, 0.29) is 5.82 Å². The minimum Gasteiger partial charge on any atom is -0.364 e. The van der Waals surface area contributed by atoms with Gasteiger partial charge in [-0.25, -0.2) is 4.39 Å². The Hall–Kier alpha value is -1.42. The second kappa shape index (κ2) is 5.96. The summed E-state index contributed by atoms with van der Waals surface area (Å²) in [4.78, 5) is 6.27. The van der Waals surface area contributed by atoms with Crippen molar-refractivity contribution in [3.8, 4) is 0 Å². The Morgan fingerprint density at radius 2 is 2.00 bits per heavy atom. The lowest BCUT2D eigenvalue weighted by atomic mass is 10.2. The van der Waals surface area contributed by atoms with E-state index in [1.165, 1.54) is 6.07 Å². The molecule has 0 N–H and O–H groups in total. The van der Waals surface area contributed by atoms with E-state index < -0.39 is 0 Å². The summed E-state index contributed by atoms with van der Waals surface area (Å²) in [5.74, 6) is -0.198. The number of hydrogen-bond donors (Lipinski definition) is 0. The Bertz CT molecular complexity index is 513. The summed E-state index contributed by atoms with van der Waals surface area (Å²) in [5, 5.41) is 0. The number of rotatable bonds is 4. The summed E-state index contributed by atoms with van der Waals surface area (Å²) < 4.78 is 14.7. The lowest BCUT2D eigenvalue weighted by Crippen LogP contribution is -2.23. The molecule has 0 bridgehead atoms. The van der Waals surface area contributed by atoms with E-state index in [4.69, 9.17) is 0 Å². The molecule has 2 nitrogen and oxygen atoms in total. The van der Waals surface area contributed by atoms with E-state index in [1.54, 1.807) is 18.3 Å².